The van der Waals surface area contributed by atoms with Crippen LogP contribution < -0.4 is 10.1 Å². The van der Waals surface area contributed by atoms with Crippen molar-refractivity contribution in [2.24, 2.45) is 5.92 Å². The molecule has 0 aliphatic rings. The molecular formula is C14H19NO4. The van der Waals surface area contributed by atoms with Gasteiger partial charge >= 0.3 is 5.97 Å². The summed E-state index contributed by atoms with van der Waals surface area (Å²) in [6, 6.07) is 6.40. The van der Waals surface area contributed by atoms with Gasteiger partial charge in [-0.2, -0.15) is 0 Å². The molecule has 5 heteroatoms. The van der Waals surface area contributed by atoms with Crippen molar-refractivity contribution in [3.05, 3.63) is 29.8 Å². The zero-order valence-electron chi connectivity index (χ0n) is 11.3. The zero-order chi connectivity index (χ0) is 14.4. The molecule has 1 unspecified atom stereocenters. The third-order valence-electron chi connectivity index (χ3n) is 2.45. The Hall–Kier alpha value is -2.04. The molecular weight excluding hydrogens is 246 g/mol. The standard InChI is InChI=1S/C14H19NO4/c1-9(2)8-15-13(16)11-4-6-12(7-5-11)19-10(3)14(17)18/h4-7,9-10H,8H2,1-3H3,(H,15,16)(H,17,18). The number of carboxylic acids is 1. The molecule has 1 aromatic rings. The molecule has 0 saturated heterocycles. The topological polar surface area (TPSA) is 75.6 Å². The van der Waals surface area contributed by atoms with Crippen LogP contribution >= 0.6 is 0 Å². The van der Waals surface area contributed by atoms with Crippen LogP contribution in [0.25, 0.3) is 0 Å². The first kappa shape index (κ1) is 15.0. The Bertz CT molecular complexity index is 439. The molecule has 5 nitrogen and oxygen atoms in total. The van der Waals surface area contributed by atoms with Crippen molar-refractivity contribution in [2.45, 2.75) is 26.9 Å². The molecule has 0 radical (unpaired) electrons. The highest BCUT2D eigenvalue weighted by atomic mass is 16.5. The van der Waals surface area contributed by atoms with Gasteiger partial charge in [-0.3, -0.25) is 4.79 Å². The summed E-state index contributed by atoms with van der Waals surface area (Å²) in [4.78, 5) is 22.4. The first-order valence-electron chi connectivity index (χ1n) is 6.18. The van der Waals surface area contributed by atoms with E-state index in [1.54, 1.807) is 24.3 Å². The molecule has 0 bridgehead atoms. The van der Waals surface area contributed by atoms with E-state index in [1.165, 1.54) is 6.92 Å². The van der Waals surface area contributed by atoms with Gasteiger partial charge in [0.25, 0.3) is 5.91 Å². The van der Waals surface area contributed by atoms with Gasteiger partial charge < -0.3 is 15.2 Å². The fourth-order valence-electron chi connectivity index (χ4n) is 1.34. The maximum Gasteiger partial charge on any atom is 0.344 e. The van der Waals surface area contributed by atoms with Crippen LogP contribution in [0.1, 0.15) is 31.1 Å². The van der Waals surface area contributed by atoms with Gasteiger partial charge in [-0.15, -0.1) is 0 Å². The molecule has 1 amide bonds. The molecule has 1 atom stereocenters. The molecule has 104 valence electrons. The molecule has 0 aliphatic carbocycles. The van der Waals surface area contributed by atoms with Crippen molar-refractivity contribution in [1.82, 2.24) is 5.32 Å². The van der Waals surface area contributed by atoms with E-state index in [1.807, 2.05) is 13.8 Å². The summed E-state index contributed by atoms with van der Waals surface area (Å²) in [6.45, 7) is 6.10. The van der Waals surface area contributed by atoms with Gasteiger partial charge in [-0.1, -0.05) is 13.8 Å². The lowest BCUT2D eigenvalue weighted by molar-refractivity contribution is -0.144. The van der Waals surface area contributed by atoms with Crippen molar-refractivity contribution >= 4 is 11.9 Å². The largest absolute Gasteiger partial charge is 0.479 e. The number of nitrogens with one attached hydrogen (secondary N) is 1. The van der Waals surface area contributed by atoms with Gasteiger partial charge in [-0.05, 0) is 37.1 Å². The summed E-state index contributed by atoms with van der Waals surface area (Å²) in [5, 5.41) is 11.5. The second kappa shape index (κ2) is 6.78. The lowest BCUT2D eigenvalue weighted by Gasteiger charge is -2.11. The fraction of sp³-hybridized carbons (Fsp3) is 0.429. The predicted molar refractivity (Wildman–Crippen MR) is 71.3 cm³/mol. The van der Waals surface area contributed by atoms with Gasteiger partial charge in [0.2, 0.25) is 0 Å². The van der Waals surface area contributed by atoms with E-state index in [9.17, 15) is 9.59 Å². The van der Waals surface area contributed by atoms with Crippen molar-refractivity contribution in [1.29, 1.82) is 0 Å². The van der Waals surface area contributed by atoms with E-state index in [0.717, 1.165) is 0 Å². The van der Waals surface area contributed by atoms with Crippen LogP contribution in [0.4, 0.5) is 0 Å². The number of ether oxygens (including phenoxy) is 1. The highest BCUT2D eigenvalue weighted by molar-refractivity contribution is 5.94. The SMILES string of the molecule is CC(C)CNC(=O)c1ccc(OC(C)C(=O)O)cc1. The lowest BCUT2D eigenvalue weighted by Crippen LogP contribution is -2.27. The highest BCUT2D eigenvalue weighted by Gasteiger charge is 2.12. The van der Waals surface area contributed by atoms with Gasteiger partial charge in [0.05, 0.1) is 0 Å². The van der Waals surface area contributed by atoms with Crippen LogP contribution in [0.3, 0.4) is 0 Å². The maximum atomic E-state index is 11.7. The lowest BCUT2D eigenvalue weighted by atomic mass is 10.2. The van der Waals surface area contributed by atoms with Gasteiger partial charge in [-0.25, -0.2) is 4.79 Å². The number of hydrogen-bond donors (Lipinski definition) is 2. The fourth-order valence-corrected chi connectivity index (χ4v) is 1.34. The number of carbonyl (C=O) groups excluding carboxylic acids is 1. The minimum absolute atomic E-state index is 0.147. The Morgan fingerprint density at radius 2 is 1.79 bits per heavy atom. The average Bonchev–Trinajstić information content (AvgIpc) is 2.36. The quantitative estimate of drug-likeness (QED) is 0.824. The third kappa shape index (κ3) is 4.99. The first-order chi connectivity index (χ1) is 8.90. The number of carbonyl (C=O) groups is 2. The summed E-state index contributed by atoms with van der Waals surface area (Å²) < 4.78 is 5.18. The van der Waals surface area contributed by atoms with E-state index in [-0.39, 0.29) is 5.91 Å². The molecule has 1 aromatic carbocycles. The van der Waals surface area contributed by atoms with Crippen molar-refractivity contribution < 1.29 is 19.4 Å². The average molecular weight is 265 g/mol. The Labute approximate surface area is 112 Å². The van der Waals surface area contributed by atoms with Crippen molar-refractivity contribution in [3.63, 3.8) is 0 Å². The summed E-state index contributed by atoms with van der Waals surface area (Å²) in [5.74, 6) is -0.358. The number of amides is 1. The van der Waals surface area contributed by atoms with Crippen LogP contribution in [0.5, 0.6) is 5.75 Å². The Balaban J connectivity index is 2.60. The minimum atomic E-state index is -1.03. The maximum absolute atomic E-state index is 11.7. The van der Waals surface area contributed by atoms with Gasteiger partial charge in [0, 0.05) is 12.1 Å². The second-order valence-electron chi connectivity index (χ2n) is 4.73. The first-order valence-corrected chi connectivity index (χ1v) is 6.18. The Morgan fingerprint density at radius 1 is 1.21 bits per heavy atom. The van der Waals surface area contributed by atoms with Crippen molar-refractivity contribution in [2.75, 3.05) is 6.54 Å². The summed E-state index contributed by atoms with van der Waals surface area (Å²) in [6.07, 6.45) is -0.916. The molecule has 0 spiro atoms. The van der Waals surface area contributed by atoms with E-state index < -0.39 is 12.1 Å². The monoisotopic (exact) mass is 265 g/mol. The number of hydrogen-bond acceptors (Lipinski definition) is 3. The number of rotatable bonds is 6. The van der Waals surface area contributed by atoms with E-state index in [0.29, 0.717) is 23.8 Å². The van der Waals surface area contributed by atoms with E-state index in [4.69, 9.17) is 9.84 Å². The normalized spacial score (nSPS) is 12.0. The van der Waals surface area contributed by atoms with Gasteiger partial charge in [0.1, 0.15) is 5.75 Å². The molecule has 0 fully saturated rings. The Kier molecular flexibility index (Phi) is 5.36. The van der Waals surface area contributed by atoms with Crippen LogP contribution in [-0.4, -0.2) is 29.6 Å². The number of carboxylic acid groups (broad SMARTS) is 1. The number of aliphatic carboxylic acids is 1. The molecule has 19 heavy (non-hydrogen) atoms. The molecule has 0 heterocycles. The minimum Gasteiger partial charge on any atom is -0.479 e. The molecule has 2 N–H and O–H groups in total. The Morgan fingerprint density at radius 3 is 2.26 bits per heavy atom. The molecule has 0 aromatic heterocycles. The van der Waals surface area contributed by atoms with E-state index >= 15 is 0 Å². The third-order valence-corrected chi connectivity index (χ3v) is 2.45. The summed E-state index contributed by atoms with van der Waals surface area (Å²) >= 11 is 0. The van der Waals surface area contributed by atoms with Crippen LogP contribution in [-0.2, 0) is 4.79 Å². The second-order valence-corrected chi connectivity index (χ2v) is 4.73. The number of benzene rings is 1. The van der Waals surface area contributed by atoms with E-state index in [2.05, 4.69) is 5.32 Å². The smallest absolute Gasteiger partial charge is 0.344 e. The molecule has 0 saturated carbocycles. The predicted octanol–water partition coefficient (Wildman–Crippen LogP) is 1.92. The highest BCUT2D eigenvalue weighted by Crippen LogP contribution is 2.14. The molecule has 0 aliphatic heterocycles. The van der Waals surface area contributed by atoms with Crippen LogP contribution in [0.15, 0.2) is 24.3 Å². The van der Waals surface area contributed by atoms with Crippen LogP contribution in [0, 0.1) is 5.92 Å². The van der Waals surface area contributed by atoms with Crippen molar-refractivity contribution in [3.8, 4) is 5.75 Å². The van der Waals surface area contributed by atoms with Gasteiger partial charge in [0.15, 0.2) is 6.10 Å². The summed E-state index contributed by atoms with van der Waals surface area (Å²) in [7, 11) is 0. The molecule has 1 rings (SSSR count). The van der Waals surface area contributed by atoms with Crippen LogP contribution in [0.2, 0.25) is 0 Å². The zero-order valence-corrected chi connectivity index (χ0v) is 11.3. The summed E-state index contributed by atoms with van der Waals surface area (Å²) in [5.41, 5.74) is 0.524.